The molecular weight excluding hydrogens is 354 g/mol. The van der Waals surface area contributed by atoms with E-state index in [4.69, 9.17) is 9.15 Å². The van der Waals surface area contributed by atoms with Crippen LogP contribution in [0.2, 0.25) is 0 Å². The Labute approximate surface area is 154 Å². The lowest BCUT2D eigenvalue weighted by Gasteiger charge is -2.26. The average Bonchev–Trinajstić information content (AvgIpc) is 3.11. The highest BCUT2D eigenvalue weighted by molar-refractivity contribution is 5.94. The van der Waals surface area contributed by atoms with E-state index in [9.17, 15) is 19.7 Å². The van der Waals surface area contributed by atoms with Crippen molar-refractivity contribution >= 4 is 17.7 Å². The van der Waals surface area contributed by atoms with E-state index >= 15 is 0 Å². The summed E-state index contributed by atoms with van der Waals surface area (Å²) < 4.78 is 10.9. The van der Waals surface area contributed by atoms with Gasteiger partial charge in [0, 0.05) is 23.4 Å². The summed E-state index contributed by atoms with van der Waals surface area (Å²) in [6, 6.07) is 7.92. The van der Waals surface area contributed by atoms with E-state index in [0.717, 1.165) is 0 Å². The summed E-state index contributed by atoms with van der Waals surface area (Å²) in [5.41, 5.74) is 1.05. The van der Waals surface area contributed by atoms with E-state index < -0.39 is 23.0 Å². The number of furan rings is 1. The molecule has 2 amide bonds. The molecule has 2 aromatic rings. The highest BCUT2D eigenvalue weighted by atomic mass is 16.6. The molecule has 140 valence electrons. The Hall–Kier alpha value is -3.62. The molecule has 0 saturated heterocycles. The Bertz CT molecular complexity index is 946. The molecule has 9 nitrogen and oxygen atoms in total. The Morgan fingerprint density at radius 1 is 1.33 bits per heavy atom. The second kappa shape index (κ2) is 7.32. The Kier molecular flexibility index (Phi) is 4.93. The van der Waals surface area contributed by atoms with Gasteiger partial charge in [-0.15, -0.1) is 0 Å². The normalized spacial score (nSPS) is 16.5. The summed E-state index contributed by atoms with van der Waals surface area (Å²) >= 11 is 0. The molecule has 2 N–H and O–H groups in total. The Morgan fingerprint density at radius 2 is 2.11 bits per heavy atom. The van der Waals surface area contributed by atoms with Gasteiger partial charge in [0.1, 0.15) is 17.6 Å². The third kappa shape index (κ3) is 3.66. The van der Waals surface area contributed by atoms with Crippen LogP contribution in [0.3, 0.4) is 0 Å². The first-order chi connectivity index (χ1) is 12.9. The summed E-state index contributed by atoms with van der Waals surface area (Å²) in [4.78, 5) is 34.6. The molecular formula is C18H17N3O6. The van der Waals surface area contributed by atoms with Gasteiger partial charge in [0.25, 0.3) is 5.69 Å². The second-order valence-corrected chi connectivity index (χ2v) is 5.80. The van der Waals surface area contributed by atoms with Gasteiger partial charge >= 0.3 is 12.0 Å². The molecule has 0 saturated carbocycles. The zero-order chi connectivity index (χ0) is 19.6. The van der Waals surface area contributed by atoms with Crippen molar-refractivity contribution in [3.05, 3.63) is 63.5 Å². The third-order valence-electron chi connectivity index (χ3n) is 4.02. The molecule has 1 atom stereocenters. The van der Waals surface area contributed by atoms with E-state index in [1.165, 1.54) is 12.1 Å². The number of carbonyl (C=O) groups is 2. The van der Waals surface area contributed by atoms with Crippen LogP contribution in [0.5, 0.6) is 0 Å². The van der Waals surface area contributed by atoms with Crippen molar-refractivity contribution in [1.82, 2.24) is 10.6 Å². The predicted octanol–water partition coefficient (Wildman–Crippen LogP) is 3.05. The first-order valence-electron chi connectivity index (χ1n) is 8.20. The first kappa shape index (κ1) is 18.2. The Morgan fingerprint density at radius 3 is 2.81 bits per heavy atom. The van der Waals surface area contributed by atoms with Crippen LogP contribution in [0.25, 0.3) is 11.3 Å². The smallest absolute Gasteiger partial charge is 0.338 e. The van der Waals surface area contributed by atoms with E-state index in [1.807, 2.05) is 0 Å². The number of urea groups is 1. The van der Waals surface area contributed by atoms with Crippen molar-refractivity contribution in [2.45, 2.75) is 19.9 Å². The summed E-state index contributed by atoms with van der Waals surface area (Å²) in [6.45, 7) is 3.47. The minimum Gasteiger partial charge on any atom is -0.463 e. The quantitative estimate of drug-likeness (QED) is 0.473. The van der Waals surface area contributed by atoms with Gasteiger partial charge in [-0.05, 0) is 26.0 Å². The molecule has 0 bridgehead atoms. The maximum absolute atomic E-state index is 12.3. The number of benzene rings is 1. The zero-order valence-corrected chi connectivity index (χ0v) is 14.6. The number of non-ortho nitro benzene ring substituents is 1. The molecule has 2 heterocycles. The molecule has 27 heavy (non-hydrogen) atoms. The largest absolute Gasteiger partial charge is 0.463 e. The van der Waals surface area contributed by atoms with E-state index in [-0.39, 0.29) is 17.9 Å². The van der Waals surface area contributed by atoms with Crippen LogP contribution in [0.4, 0.5) is 10.5 Å². The summed E-state index contributed by atoms with van der Waals surface area (Å²) in [6.07, 6.45) is 0. The standard InChI is InChI=1S/C18H17N3O6/c1-3-26-17(22)15-10(2)19-18(23)20-16(15)14-8-7-13(27-14)11-5-4-6-12(9-11)21(24)25/h4-9,16H,3H2,1-2H3,(H2,19,20,23)/t16-/m1/s1. The van der Waals surface area contributed by atoms with Crippen molar-refractivity contribution < 1.29 is 23.7 Å². The van der Waals surface area contributed by atoms with Gasteiger partial charge < -0.3 is 19.8 Å². The van der Waals surface area contributed by atoms with Crippen LogP contribution in [-0.4, -0.2) is 23.5 Å². The van der Waals surface area contributed by atoms with Crippen LogP contribution in [0.1, 0.15) is 25.6 Å². The lowest BCUT2D eigenvalue weighted by molar-refractivity contribution is -0.384. The Balaban J connectivity index is 1.97. The molecule has 3 rings (SSSR count). The highest BCUT2D eigenvalue weighted by Gasteiger charge is 2.34. The minimum atomic E-state index is -0.828. The average molecular weight is 371 g/mol. The number of ether oxygens (including phenoxy) is 1. The van der Waals surface area contributed by atoms with Gasteiger partial charge in [-0.2, -0.15) is 0 Å². The van der Waals surface area contributed by atoms with E-state index in [0.29, 0.717) is 22.8 Å². The minimum absolute atomic E-state index is 0.0661. The number of carbonyl (C=O) groups excluding carboxylic acids is 2. The molecule has 0 spiro atoms. The molecule has 0 unspecified atom stereocenters. The zero-order valence-electron chi connectivity index (χ0n) is 14.6. The predicted molar refractivity (Wildman–Crippen MR) is 94.5 cm³/mol. The number of hydrogen-bond acceptors (Lipinski definition) is 6. The van der Waals surface area contributed by atoms with Crippen LogP contribution >= 0.6 is 0 Å². The van der Waals surface area contributed by atoms with Gasteiger partial charge in [-0.3, -0.25) is 10.1 Å². The van der Waals surface area contributed by atoms with Gasteiger partial charge in [0.15, 0.2) is 0 Å². The molecule has 0 fully saturated rings. The fraction of sp³-hybridized carbons (Fsp3) is 0.222. The highest BCUT2D eigenvalue weighted by Crippen LogP contribution is 2.32. The summed E-state index contributed by atoms with van der Waals surface area (Å²) in [7, 11) is 0. The van der Waals surface area contributed by atoms with Crippen molar-refractivity contribution in [1.29, 1.82) is 0 Å². The number of allylic oxidation sites excluding steroid dienone is 1. The second-order valence-electron chi connectivity index (χ2n) is 5.80. The SMILES string of the molecule is CCOC(=O)C1=C(C)NC(=O)N[C@@H]1c1ccc(-c2cccc([N+](=O)[O-])c2)o1. The number of amides is 2. The van der Waals surface area contributed by atoms with Crippen molar-refractivity contribution in [3.8, 4) is 11.3 Å². The molecule has 9 heteroatoms. The van der Waals surface area contributed by atoms with Crippen LogP contribution < -0.4 is 10.6 Å². The number of rotatable bonds is 5. The molecule has 1 aromatic carbocycles. The van der Waals surface area contributed by atoms with Crippen LogP contribution in [-0.2, 0) is 9.53 Å². The van der Waals surface area contributed by atoms with Gasteiger partial charge in [0.05, 0.1) is 17.1 Å². The number of nitrogens with one attached hydrogen (secondary N) is 2. The lowest BCUT2D eigenvalue weighted by atomic mass is 10.0. The number of nitrogens with zero attached hydrogens (tertiary/aromatic N) is 1. The molecule has 1 aromatic heterocycles. The summed E-state index contributed by atoms with van der Waals surface area (Å²) in [5, 5.41) is 16.1. The fourth-order valence-electron chi connectivity index (χ4n) is 2.82. The number of nitro groups is 1. The number of hydrogen-bond donors (Lipinski definition) is 2. The van der Waals surface area contributed by atoms with Gasteiger partial charge in [0.2, 0.25) is 0 Å². The topological polar surface area (TPSA) is 124 Å². The van der Waals surface area contributed by atoms with Crippen LogP contribution in [0.15, 0.2) is 52.1 Å². The van der Waals surface area contributed by atoms with Crippen molar-refractivity contribution in [3.63, 3.8) is 0 Å². The lowest BCUT2D eigenvalue weighted by Crippen LogP contribution is -2.45. The molecule has 1 aliphatic heterocycles. The third-order valence-corrected chi connectivity index (χ3v) is 4.02. The van der Waals surface area contributed by atoms with Crippen LogP contribution in [0, 0.1) is 10.1 Å². The van der Waals surface area contributed by atoms with Gasteiger partial charge in [-0.25, -0.2) is 9.59 Å². The fourth-order valence-corrected chi connectivity index (χ4v) is 2.82. The molecule has 0 radical (unpaired) electrons. The summed E-state index contributed by atoms with van der Waals surface area (Å²) in [5.74, 6) is 0.122. The molecule has 1 aliphatic rings. The van der Waals surface area contributed by atoms with E-state index in [1.54, 1.807) is 38.1 Å². The van der Waals surface area contributed by atoms with Gasteiger partial charge in [-0.1, -0.05) is 12.1 Å². The van der Waals surface area contributed by atoms with Crippen molar-refractivity contribution in [2.24, 2.45) is 0 Å². The molecule has 0 aliphatic carbocycles. The first-order valence-corrected chi connectivity index (χ1v) is 8.20. The number of esters is 1. The van der Waals surface area contributed by atoms with Crippen molar-refractivity contribution in [2.75, 3.05) is 6.61 Å². The maximum atomic E-state index is 12.3. The van der Waals surface area contributed by atoms with E-state index in [2.05, 4.69) is 10.6 Å². The number of nitro benzene ring substituents is 1. The monoisotopic (exact) mass is 371 g/mol. The maximum Gasteiger partial charge on any atom is 0.338 e.